The number of aliphatic hydroxyl groups is 1. The summed E-state index contributed by atoms with van der Waals surface area (Å²) in [6.07, 6.45) is 2.55. The Bertz CT molecular complexity index is 1640. The van der Waals surface area contributed by atoms with Crippen LogP contribution < -0.4 is 16.0 Å². The monoisotopic (exact) mass is 787 g/mol. The molecule has 18 nitrogen and oxygen atoms in total. The lowest BCUT2D eigenvalue weighted by Gasteiger charge is -2.47. The lowest BCUT2D eigenvalue weighted by atomic mass is 9.78. The Hall–Kier alpha value is -3.65. The Labute approximate surface area is 329 Å². The molecule has 0 bridgehead atoms. The van der Waals surface area contributed by atoms with Gasteiger partial charge in [-0.2, -0.15) is 5.10 Å². The third-order valence-corrected chi connectivity index (χ3v) is 11.7. The maximum absolute atomic E-state index is 14.3. The lowest BCUT2D eigenvalue weighted by Crippen LogP contribution is -2.60. The maximum Gasteiger partial charge on any atom is 0.408 e. The molecule has 5 heterocycles. The van der Waals surface area contributed by atoms with E-state index in [0.717, 1.165) is 0 Å². The molecule has 13 atom stereocenters. The molecular formula is C38H61N9O9. The van der Waals surface area contributed by atoms with Crippen molar-refractivity contribution in [2.24, 2.45) is 17.8 Å². The molecular weight excluding hydrogens is 726 g/mol. The van der Waals surface area contributed by atoms with Gasteiger partial charge in [-0.1, -0.05) is 20.8 Å². The van der Waals surface area contributed by atoms with Crippen molar-refractivity contribution >= 4 is 17.8 Å². The highest BCUT2D eigenvalue weighted by Gasteiger charge is 2.55. The molecule has 2 aromatic heterocycles. The number of ether oxygens (including phenoxy) is 5. The Kier molecular flexibility index (Phi) is 14.2. The SMILES string of the molecule is CC[C@@H]1OC(=O)C(C)C(=O)[C@H](C)[C@@H](O[C@@H]2O[C@H](CNCc3cncc(-n4cncn4)n3)CC(N(C)C)C2O)[C@](C)(OC)C[C@@H](C)CN[C@H](C)[C@H]2NC(=O)O[C@]12C. The normalized spacial score (nSPS) is 37.6. The van der Waals surface area contributed by atoms with Gasteiger partial charge in [-0.3, -0.25) is 14.6 Å². The number of likely N-dealkylation sites (N-methyl/N-ethyl adjacent to an activating group) is 1. The second-order valence-electron chi connectivity index (χ2n) is 16.2. The molecule has 0 radical (unpaired) electrons. The second kappa shape index (κ2) is 18.3. The summed E-state index contributed by atoms with van der Waals surface area (Å²) in [4.78, 5) is 55.5. The molecule has 0 saturated carbocycles. The number of cyclic esters (lactones) is 1. The Balaban J connectivity index is 1.39. The van der Waals surface area contributed by atoms with Gasteiger partial charge in [-0.25, -0.2) is 19.4 Å². The fourth-order valence-corrected chi connectivity index (χ4v) is 8.43. The van der Waals surface area contributed by atoms with Crippen LogP contribution in [-0.4, -0.2) is 147 Å². The number of ketones is 1. The van der Waals surface area contributed by atoms with Crippen LogP contribution in [0.15, 0.2) is 25.0 Å². The van der Waals surface area contributed by atoms with Gasteiger partial charge in [0.05, 0.1) is 35.7 Å². The topological polar surface area (TPSA) is 213 Å². The number of fused-ring (bicyclic) bond motifs is 1. The van der Waals surface area contributed by atoms with E-state index in [1.165, 1.54) is 17.9 Å². The van der Waals surface area contributed by atoms with E-state index in [4.69, 9.17) is 23.7 Å². The van der Waals surface area contributed by atoms with Crippen molar-refractivity contribution in [1.29, 1.82) is 0 Å². The fourth-order valence-electron chi connectivity index (χ4n) is 8.43. The summed E-state index contributed by atoms with van der Waals surface area (Å²) >= 11 is 0. The lowest BCUT2D eigenvalue weighted by molar-refractivity contribution is -0.297. The van der Waals surface area contributed by atoms with Crippen molar-refractivity contribution in [1.82, 2.24) is 45.6 Å². The van der Waals surface area contributed by atoms with Crippen molar-refractivity contribution < 1.29 is 43.2 Å². The first-order chi connectivity index (χ1) is 26.5. The predicted molar refractivity (Wildman–Crippen MR) is 202 cm³/mol. The molecule has 1 amide bonds. The highest BCUT2D eigenvalue weighted by atomic mass is 16.7. The van der Waals surface area contributed by atoms with Gasteiger partial charge >= 0.3 is 12.1 Å². The van der Waals surface area contributed by atoms with Crippen LogP contribution in [0.1, 0.15) is 73.4 Å². The molecule has 3 unspecified atom stereocenters. The molecule has 312 valence electrons. The number of hydrogen-bond acceptors (Lipinski definition) is 16. The third-order valence-electron chi connectivity index (χ3n) is 11.7. The van der Waals surface area contributed by atoms with Gasteiger partial charge in [0, 0.05) is 44.4 Å². The molecule has 5 rings (SSSR count). The van der Waals surface area contributed by atoms with Gasteiger partial charge < -0.3 is 49.6 Å². The second-order valence-corrected chi connectivity index (χ2v) is 16.2. The van der Waals surface area contributed by atoms with E-state index in [1.54, 1.807) is 39.7 Å². The molecule has 3 saturated heterocycles. The summed E-state index contributed by atoms with van der Waals surface area (Å²) < 4.78 is 32.8. The van der Waals surface area contributed by atoms with Crippen LogP contribution in [0.5, 0.6) is 0 Å². The van der Waals surface area contributed by atoms with Crippen molar-refractivity contribution in [3.8, 4) is 5.82 Å². The summed E-state index contributed by atoms with van der Waals surface area (Å²) in [5.74, 6) is -2.72. The molecule has 3 aliphatic heterocycles. The summed E-state index contributed by atoms with van der Waals surface area (Å²) in [5, 5.41) is 25.7. The van der Waals surface area contributed by atoms with Gasteiger partial charge in [0.15, 0.2) is 23.5 Å². The summed E-state index contributed by atoms with van der Waals surface area (Å²) in [6.45, 7) is 14.0. The molecule has 4 N–H and O–H groups in total. The number of aliphatic hydroxyl groups excluding tert-OH is 1. The van der Waals surface area contributed by atoms with Crippen molar-refractivity contribution in [2.45, 2.75) is 134 Å². The zero-order chi connectivity index (χ0) is 40.9. The fraction of sp³-hybridized carbons (Fsp3) is 0.763. The highest BCUT2D eigenvalue weighted by Crippen LogP contribution is 2.37. The summed E-state index contributed by atoms with van der Waals surface area (Å²) in [5.41, 5.74) is -1.57. The highest BCUT2D eigenvalue weighted by molar-refractivity contribution is 6.00. The minimum atomic E-state index is -1.19. The number of carbonyl (C=O) groups is 3. The number of amides is 1. The average Bonchev–Trinajstić information content (AvgIpc) is 3.82. The van der Waals surface area contributed by atoms with Crippen LogP contribution >= 0.6 is 0 Å². The third kappa shape index (κ3) is 9.54. The van der Waals surface area contributed by atoms with E-state index >= 15 is 0 Å². The minimum absolute atomic E-state index is 0.0164. The van der Waals surface area contributed by atoms with Crippen LogP contribution in [0.2, 0.25) is 0 Å². The zero-order valence-electron chi connectivity index (χ0n) is 34.3. The number of rotatable bonds is 10. The molecule has 18 heteroatoms. The smallest absolute Gasteiger partial charge is 0.408 e. The molecule has 0 aromatic carbocycles. The predicted octanol–water partition coefficient (Wildman–Crippen LogP) is 1.39. The minimum Gasteiger partial charge on any atom is -0.458 e. The van der Waals surface area contributed by atoms with E-state index in [1.807, 2.05) is 39.8 Å². The van der Waals surface area contributed by atoms with Crippen molar-refractivity contribution in [2.75, 3.05) is 34.3 Å². The van der Waals surface area contributed by atoms with E-state index in [0.29, 0.717) is 50.4 Å². The van der Waals surface area contributed by atoms with Crippen LogP contribution in [0, 0.1) is 17.8 Å². The van der Waals surface area contributed by atoms with Gasteiger partial charge in [0.2, 0.25) is 0 Å². The molecule has 0 spiro atoms. The number of methoxy groups -OCH3 is 1. The van der Waals surface area contributed by atoms with Crippen LogP contribution in [-0.2, 0) is 39.8 Å². The van der Waals surface area contributed by atoms with E-state index in [9.17, 15) is 19.5 Å². The number of Topliss-reactive ketones (excluding diaryl/α,β-unsaturated/α-hetero) is 1. The number of nitrogens with one attached hydrogen (secondary N) is 3. The molecule has 56 heavy (non-hydrogen) atoms. The van der Waals surface area contributed by atoms with Gasteiger partial charge in [0.1, 0.15) is 30.8 Å². The van der Waals surface area contributed by atoms with Crippen molar-refractivity contribution in [3.05, 3.63) is 30.7 Å². The summed E-state index contributed by atoms with van der Waals surface area (Å²) in [6, 6.07) is -1.13. The quantitative estimate of drug-likeness (QED) is 0.198. The molecule has 2 aromatic rings. The largest absolute Gasteiger partial charge is 0.458 e. The Morgan fingerprint density at radius 1 is 1.12 bits per heavy atom. The molecule has 3 aliphatic rings. The van der Waals surface area contributed by atoms with Gasteiger partial charge in [-0.15, -0.1) is 0 Å². The van der Waals surface area contributed by atoms with Crippen LogP contribution in [0.4, 0.5) is 4.79 Å². The van der Waals surface area contributed by atoms with E-state index in [-0.39, 0.29) is 18.0 Å². The standard InChI is InChI=1S/C38H61N9O9/c1-11-28-38(7)32(45-36(51)56-38)24(5)42-14-21(2)13-37(6,52-10)33(22(3)30(48)23(4)34(50)54-28)55-35-31(49)27(46(8)9)12-26(53-35)17-39-15-25-16-40-18-29(44-25)47-20-41-19-43-47/h16,18-24,26-28,31-33,35,39,42,49H,11-15,17H2,1-10H3,(H,45,51)/t21-,22+,23?,24-,26+,27?,28+,31?,32-,33-,35+,37-,38-/m1/s1. The van der Waals surface area contributed by atoms with E-state index < -0.39 is 77.6 Å². The number of esters is 1. The number of hydrogen-bond donors (Lipinski definition) is 4. The average molecular weight is 788 g/mol. The van der Waals surface area contributed by atoms with Crippen molar-refractivity contribution in [3.63, 3.8) is 0 Å². The number of nitrogens with zero attached hydrogens (tertiary/aromatic N) is 6. The number of aromatic nitrogens is 5. The first kappa shape index (κ1) is 43.5. The molecule has 3 fully saturated rings. The first-order valence-corrected chi connectivity index (χ1v) is 19.6. The first-order valence-electron chi connectivity index (χ1n) is 19.6. The number of alkyl carbamates (subject to hydrolysis) is 1. The van der Waals surface area contributed by atoms with Gasteiger partial charge in [-0.05, 0) is 73.5 Å². The van der Waals surface area contributed by atoms with Crippen LogP contribution in [0.3, 0.4) is 0 Å². The zero-order valence-corrected chi connectivity index (χ0v) is 34.3. The Morgan fingerprint density at radius 2 is 1.88 bits per heavy atom. The Morgan fingerprint density at radius 3 is 2.54 bits per heavy atom. The van der Waals surface area contributed by atoms with E-state index in [2.05, 4.69) is 42.9 Å². The van der Waals surface area contributed by atoms with Crippen LogP contribution in [0.25, 0.3) is 5.82 Å². The molecule has 0 aliphatic carbocycles. The number of carbonyl (C=O) groups excluding carboxylic acids is 3. The van der Waals surface area contributed by atoms with Gasteiger partial charge in [0.25, 0.3) is 0 Å². The maximum atomic E-state index is 14.3. The summed E-state index contributed by atoms with van der Waals surface area (Å²) in [7, 11) is 5.34.